The second-order valence-corrected chi connectivity index (χ2v) is 4.16. The molecule has 104 valence electrons. The summed E-state index contributed by atoms with van der Waals surface area (Å²) in [6, 6.07) is 6.56. The van der Waals surface area contributed by atoms with Gasteiger partial charge in [-0.25, -0.2) is 0 Å². The molecule has 0 bridgehead atoms. The fraction of sp³-hybridized carbons (Fsp3) is 0.385. The molecule has 0 heterocycles. The average molecular weight is 265 g/mol. The molecule has 0 saturated heterocycles. The van der Waals surface area contributed by atoms with Crippen molar-refractivity contribution in [1.82, 2.24) is 5.32 Å². The average Bonchev–Trinajstić information content (AvgIpc) is 2.36. The number of ether oxygens (including phenoxy) is 1. The molecule has 0 aliphatic rings. The van der Waals surface area contributed by atoms with E-state index in [1.54, 1.807) is 12.1 Å². The molecule has 1 unspecified atom stereocenters. The summed E-state index contributed by atoms with van der Waals surface area (Å²) in [5.41, 5.74) is 7.17. The second kappa shape index (κ2) is 7.50. The van der Waals surface area contributed by atoms with Crippen molar-refractivity contribution in [3.05, 3.63) is 29.8 Å². The molecule has 0 aliphatic heterocycles. The van der Waals surface area contributed by atoms with Crippen LogP contribution in [0.25, 0.3) is 0 Å². The van der Waals surface area contributed by atoms with Crippen molar-refractivity contribution in [2.45, 2.75) is 19.5 Å². The molecule has 19 heavy (non-hydrogen) atoms. The van der Waals surface area contributed by atoms with Gasteiger partial charge in [-0.3, -0.25) is 9.59 Å². The lowest BCUT2D eigenvalue weighted by molar-refractivity contribution is -0.123. The third-order valence-electron chi connectivity index (χ3n) is 2.40. The monoisotopic (exact) mass is 265 g/mol. The molecule has 0 saturated carbocycles. The zero-order valence-corrected chi connectivity index (χ0v) is 11.1. The molecule has 4 N–H and O–H groups in total. The number of amides is 2. The first kappa shape index (κ1) is 15.1. The van der Waals surface area contributed by atoms with Gasteiger partial charge in [0.05, 0.1) is 6.61 Å². The maximum absolute atomic E-state index is 11.6. The van der Waals surface area contributed by atoms with E-state index >= 15 is 0 Å². The predicted octanol–water partition coefficient (Wildman–Crippen LogP) is 0.235. The molecule has 0 aliphatic carbocycles. The Kier molecular flexibility index (Phi) is 5.98. The van der Waals surface area contributed by atoms with Gasteiger partial charge in [-0.05, 0) is 17.7 Å². The summed E-state index contributed by atoms with van der Waals surface area (Å²) in [5.74, 6) is -0.407. The highest BCUT2D eigenvalue weighted by atomic mass is 16.5. The van der Waals surface area contributed by atoms with Crippen molar-refractivity contribution in [2.24, 2.45) is 5.73 Å². The Bertz CT molecular complexity index is 449. The van der Waals surface area contributed by atoms with E-state index in [-0.39, 0.29) is 18.4 Å². The molecule has 1 aromatic carbocycles. The van der Waals surface area contributed by atoms with Crippen LogP contribution < -0.4 is 16.4 Å². The van der Waals surface area contributed by atoms with Gasteiger partial charge in [0.25, 0.3) is 0 Å². The van der Waals surface area contributed by atoms with E-state index in [1.807, 2.05) is 12.1 Å². The van der Waals surface area contributed by atoms with Gasteiger partial charge in [0, 0.05) is 26.3 Å². The standard InChI is InChI=1S/C13H19N3O3/c1-9(17)16-11-5-3-4-10(6-11)7-15-13(18)12(14)8-19-2/h3-6,12H,7-8,14H2,1-2H3,(H,15,18)(H,16,17). The summed E-state index contributed by atoms with van der Waals surface area (Å²) in [6.45, 7) is 1.97. The van der Waals surface area contributed by atoms with E-state index in [4.69, 9.17) is 10.5 Å². The van der Waals surface area contributed by atoms with Gasteiger partial charge in [0.2, 0.25) is 11.8 Å². The number of nitrogens with one attached hydrogen (secondary N) is 2. The Morgan fingerprint density at radius 3 is 2.79 bits per heavy atom. The molecule has 1 rings (SSSR count). The lowest BCUT2D eigenvalue weighted by Gasteiger charge is -2.11. The number of hydrogen-bond acceptors (Lipinski definition) is 4. The van der Waals surface area contributed by atoms with Gasteiger partial charge in [-0.2, -0.15) is 0 Å². The quantitative estimate of drug-likeness (QED) is 0.686. The highest BCUT2D eigenvalue weighted by Gasteiger charge is 2.12. The van der Waals surface area contributed by atoms with E-state index in [2.05, 4.69) is 10.6 Å². The van der Waals surface area contributed by atoms with E-state index in [9.17, 15) is 9.59 Å². The molecule has 6 heteroatoms. The second-order valence-electron chi connectivity index (χ2n) is 4.16. The van der Waals surface area contributed by atoms with E-state index in [1.165, 1.54) is 14.0 Å². The number of anilines is 1. The third kappa shape index (κ3) is 5.50. The SMILES string of the molecule is COCC(N)C(=O)NCc1cccc(NC(C)=O)c1. The number of nitrogens with two attached hydrogens (primary N) is 1. The Balaban J connectivity index is 2.53. The molecule has 1 aromatic rings. The number of carbonyl (C=O) groups is 2. The molecule has 2 amide bonds. The van der Waals surface area contributed by atoms with Crippen molar-refractivity contribution in [2.75, 3.05) is 19.0 Å². The molecular weight excluding hydrogens is 246 g/mol. The van der Waals surface area contributed by atoms with Crippen LogP contribution in [0.15, 0.2) is 24.3 Å². The molecule has 6 nitrogen and oxygen atoms in total. The van der Waals surface area contributed by atoms with Crippen molar-refractivity contribution in [3.8, 4) is 0 Å². The Labute approximate surface area is 112 Å². The molecule has 0 spiro atoms. The van der Waals surface area contributed by atoms with Gasteiger partial charge in [-0.15, -0.1) is 0 Å². The first-order valence-corrected chi connectivity index (χ1v) is 5.91. The van der Waals surface area contributed by atoms with Crippen LogP contribution in [0.2, 0.25) is 0 Å². The first-order valence-electron chi connectivity index (χ1n) is 5.91. The summed E-state index contributed by atoms with van der Waals surface area (Å²) in [4.78, 5) is 22.5. The van der Waals surface area contributed by atoms with Crippen molar-refractivity contribution < 1.29 is 14.3 Å². The maximum atomic E-state index is 11.6. The summed E-state index contributed by atoms with van der Waals surface area (Å²) in [6.07, 6.45) is 0. The van der Waals surface area contributed by atoms with Crippen LogP contribution in [0.4, 0.5) is 5.69 Å². The van der Waals surface area contributed by atoms with Gasteiger partial charge in [0.15, 0.2) is 0 Å². The highest BCUT2D eigenvalue weighted by molar-refractivity contribution is 5.88. The van der Waals surface area contributed by atoms with Crippen LogP contribution >= 0.6 is 0 Å². The van der Waals surface area contributed by atoms with Crippen LogP contribution in [0.5, 0.6) is 0 Å². The van der Waals surface area contributed by atoms with Crippen LogP contribution in [0.1, 0.15) is 12.5 Å². The van der Waals surface area contributed by atoms with Crippen molar-refractivity contribution in [3.63, 3.8) is 0 Å². The molecule has 0 aromatic heterocycles. The molecular formula is C13H19N3O3. The largest absolute Gasteiger partial charge is 0.383 e. The first-order chi connectivity index (χ1) is 9.02. The Morgan fingerprint density at radius 2 is 2.16 bits per heavy atom. The highest BCUT2D eigenvalue weighted by Crippen LogP contribution is 2.10. The van der Waals surface area contributed by atoms with Crippen molar-refractivity contribution >= 4 is 17.5 Å². The maximum Gasteiger partial charge on any atom is 0.239 e. The zero-order chi connectivity index (χ0) is 14.3. The summed E-state index contributed by atoms with van der Waals surface area (Å²) in [5, 5.41) is 5.39. The fourth-order valence-corrected chi connectivity index (χ4v) is 1.54. The third-order valence-corrected chi connectivity index (χ3v) is 2.40. The minimum absolute atomic E-state index is 0.136. The van der Waals surface area contributed by atoms with E-state index in [0.717, 1.165) is 5.56 Å². The lowest BCUT2D eigenvalue weighted by Crippen LogP contribution is -2.43. The predicted molar refractivity (Wildman–Crippen MR) is 72.4 cm³/mol. The smallest absolute Gasteiger partial charge is 0.239 e. The Hall–Kier alpha value is -1.92. The zero-order valence-electron chi connectivity index (χ0n) is 11.1. The Morgan fingerprint density at radius 1 is 1.42 bits per heavy atom. The summed E-state index contributed by atoms with van der Waals surface area (Å²) in [7, 11) is 1.49. The number of rotatable bonds is 6. The van der Waals surface area contributed by atoms with Crippen LogP contribution in [-0.2, 0) is 20.9 Å². The molecule has 0 fully saturated rings. The normalized spacial score (nSPS) is 11.7. The topological polar surface area (TPSA) is 93.4 Å². The van der Waals surface area contributed by atoms with Gasteiger partial charge < -0.3 is 21.1 Å². The van der Waals surface area contributed by atoms with E-state index in [0.29, 0.717) is 12.2 Å². The van der Waals surface area contributed by atoms with Crippen LogP contribution in [-0.4, -0.2) is 31.6 Å². The lowest BCUT2D eigenvalue weighted by atomic mass is 10.2. The number of benzene rings is 1. The fourth-order valence-electron chi connectivity index (χ4n) is 1.54. The molecule has 1 atom stereocenters. The van der Waals surface area contributed by atoms with Gasteiger partial charge in [0.1, 0.15) is 6.04 Å². The van der Waals surface area contributed by atoms with Gasteiger partial charge in [-0.1, -0.05) is 12.1 Å². The minimum atomic E-state index is -0.677. The number of carbonyl (C=O) groups excluding carboxylic acids is 2. The van der Waals surface area contributed by atoms with Crippen LogP contribution in [0, 0.1) is 0 Å². The summed E-state index contributed by atoms with van der Waals surface area (Å²) < 4.78 is 4.81. The van der Waals surface area contributed by atoms with Gasteiger partial charge >= 0.3 is 0 Å². The molecule has 0 radical (unpaired) electrons. The van der Waals surface area contributed by atoms with Crippen LogP contribution in [0.3, 0.4) is 0 Å². The minimum Gasteiger partial charge on any atom is -0.383 e. The van der Waals surface area contributed by atoms with Crippen molar-refractivity contribution in [1.29, 1.82) is 0 Å². The number of methoxy groups -OCH3 is 1. The number of hydrogen-bond donors (Lipinski definition) is 3. The van der Waals surface area contributed by atoms with E-state index < -0.39 is 6.04 Å². The summed E-state index contributed by atoms with van der Waals surface area (Å²) >= 11 is 0.